The molecule has 76 valence electrons. The van der Waals surface area contributed by atoms with E-state index in [4.69, 9.17) is 4.74 Å². The molecule has 0 saturated heterocycles. The van der Waals surface area contributed by atoms with Crippen molar-refractivity contribution in [3.8, 4) is 0 Å². The second-order valence-electron chi connectivity index (χ2n) is 4.90. The first-order valence-corrected chi connectivity index (χ1v) is 5.96. The van der Waals surface area contributed by atoms with E-state index in [0.717, 1.165) is 31.0 Å². The van der Waals surface area contributed by atoms with Crippen LogP contribution in [0.5, 0.6) is 0 Å². The summed E-state index contributed by atoms with van der Waals surface area (Å²) in [5.41, 5.74) is 0. The van der Waals surface area contributed by atoms with Crippen LogP contribution >= 0.6 is 0 Å². The molecular formula is C12H22O. The van der Waals surface area contributed by atoms with Gasteiger partial charge in [0, 0.05) is 13.2 Å². The lowest BCUT2D eigenvalue weighted by atomic mass is 9.68. The fourth-order valence-corrected chi connectivity index (χ4v) is 3.29. The first kappa shape index (κ1) is 9.51. The van der Waals surface area contributed by atoms with E-state index in [1.807, 2.05) is 0 Å². The Kier molecular flexibility index (Phi) is 3.26. The zero-order valence-corrected chi connectivity index (χ0v) is 8.80. The van der Waals surface area contributed by atoms with E-state index in [2.05, 4.69) is 6.92 Å². The maximum atomic E-state index is 5.54. The lowest BCUT2D eigenvalue weighted by Gasteiger charge is -2.38. The monoisotopic (exact) mass is 182 g/mol. The van der Waals surface area contributed by atoms with Gasteiger partial charge in [0.1, 0.15) is 0 Å². The second-order valence-corrected chi connectivity index (χ2v) is 4.90. The van der Waals surface area contributed by atoms with Gasteiger partial charge in [0.15, 0.2) is 0 Å². The average molecular weight is 182 g/mol. The zero-order chi connectivity index (χ0) is 9.10. The number of hydrogen-bond acceptors (Lipinski definition) is 1. The van der Waals surface area contributed by atoms with Crippen molar-refractivity contribution >= 4 is 0 Å². The summed E-state index contributed by atoms with van der Waals surface area (Å²) in [7, 11) is 0. The van der Waals surface area contributed by atoms with Gasteiger partial charge in [-0.2, -0.15) is 0 Å². The van der Waals surface area contributed by atoms with Crippen LogP contribution in [0.4, 0.5) is 0 Å². The molecule has 0 aromatic heterocycles. The van der Waals surface area contributed by atoms with Crippen LogP contribution in [0.3, 0.4) is 0 Å². The molecule has 0 spiro atoms. The number of hydrogen-bond donors (Lipinski definition) is 0. The van der Waals surface area contributed by atoms with Gasteiger partial charge in [-0.1, -0.05) is 19.3 Å². The Hall–Kier alpha value is -0.0400. The molecule has 0 amide bonds. The van der Waals surface area contributed by atoms with Crippen LogP contribution in [0.1, 0.15) is 45.4 Å². The van der Waals surface area contributed by atoms with Crippen molar-refractivity contribution in [1.29, 1.82) is 0 Å². The molecule has 0 radical (unpaired) electrons. The van der Waals surface area contributed by atoms with Crippen LogP contribution in [0.25, 0.3) is 0 Å². The quantitative estimate of drug-likeness (QED) is 0.651. The molecule has 0 heterocycles. The lowest BCUT2D eigenvalue weighted by molar-refractivity contribution is 0.0505. The minimum absolute atomic E-state index is 0.893. The lowest BCUT2D eigenvalue weighted by Crippen LogP contribution is -2.29. The summed E-state index contributed by atoms with van der Waals surface area (Å²) in [5, 5.41) is 0. The third kappa shape index (κ3) is 2.46. The van der Waals surface area contributed by atoms with Gasteiger partial charge in [-0.3, -0.25) is 0 Å². The summed E-state index contributed by atoms with van der Waals surface area (Å²) < 4.78 is 5.54. The first-order valence-electron chi connectivity index (χ1n) is 5.96. The molecule has 0 N–H and O–H groups in total. The van der Waals surface area contributed by atoms with E-state index in [1.165, 1.54) is 38.5 Å². The highest BCUT2D eigenvalue weighted by atomic mass is 16.5. The van der Waals surface area contributed by atoms with E-state index in [9.17, 15) is 0 Å². The van der Waals surface area contributed by atoms with Gasteiger partial charge in [-0.05, 0) is 43.9 Å². The van der Waals surface area contributed by atoms with Crippen LogP contribution in [0, 0.1) is 17.8 Å². The van der Waals surface area contributed by atoms with E-state index >= 15 is 0 Å². The Labute approximate surface area is 81.9 Å². The molecule has 2 saturated carbocycles. The van der Waals surface area contributed by atoms with E-state index in [0.29, 0.717) is 0 Å². The molecular weight excluding hydrogens is 160 g/mol. The number of ether oxygens (including phenoxy) is 1. The summed E-state index contributed by atoms with van der Waals surface area (Å²) in [5.74, 6) is 3.00. The van der Waals surface area contributed by atoms with Crippen LogP contribution in [0.2, 0.25) is 0 Å². The van der Waals surface area contributed by atoms with Gasteiger partial charge in [-0.25, -0.2) is 0 Å². The van der Waals surface area contributed by atoms with Gasteiger partial charge in [0.05, 0.1) is 0 Å². The predicted molar refractivity (Wildman–Crippen MR) is 54.7 cm³/mol. The summed E-state index contributed by atoms with van der Waals surface area (Å²) >= 11 is 0. The first-order chi connectivity index (χ1) is 6.38. The van der Waals surface area contributed by atoms with Gasteiger partial charge in [0.2, 0.25) is 0 Å². The molecule has 2 fully saturated rings. The maximum absolute atomic E-state index is 5.54. The fraction of sp³-hybridized carbons (Fsp3) is 1.00. The van der Waals surface area contributed by atoms with Crippen molar-refractivity contribution in [2.24, 2.45) is 17.8 Å². The molecule has 1 nitrogen and oxygen atoms in total. The molecule has 1 heteroatoms. The Morgan fingerprint density at radius 3 is 2.38 bits per heavy atom. The topological polar surface area (TPSA) is 9.23 Å². The van der Waals surface area contributed by atoms with Gasteiger partial charge in [0.25, 0.3) is 0 Å². The standard InChI is InChI=1S/C12H22O/c1-2-13-9-12-7-10-4-3-5-11(6-10)8-12/h10-12H,2-9H2,1H3. The Morgan fingerprint density at radius 1 is 1.08 bits per heavy atom. The summed E-state index contributed by atoms with van der Waals surface area (Å²) in [6.07, 6.45) is 8.94. The zero-order valence-electron chi connectivity index (χ0n) is 8.80. The van der Waals surface area contributed by atoms with Crippen LogP contribution < -0.4 is 0 Å². The maximum Gasteiger partial charge on any atom is 0.0494 e. The smallest absolute Gasteiger partial charge is 0.0494 e. The molecule has 13 heavy (non-hydrogen) atoms. The van der Waals surface area contributed by atoms with Crippen molar-refractivity contribution < 1.29 is 4.74 Å². The third-order valence-corrected chi connectivity index (χ3v) is 3.78. The minimum Gasteiger partial charge on any atom is -0.381 e. The van der Waals surface area contributed by atoms with Gasteiger partial charge < -0.3 is 4.74 Å². The Balaban J connectivity index is 1.80. The van der Waals surface area contributed by atoms with Crippen LogP contribution in [0.15, 0.2) is 0 Å². The molecule has 2 atom stereocenters. The Bertz CT molecular complexity index is 143. The molecule has 2 aliphatic rings. The van der Waals surface area contributed by atoms with E-state index in [1.54, 1.807) is 0 Å². The fourth-order valence-electron chi connectivity index (χ4n) is 3.29. The average Bonchev–Trinajstić information content (AvgIpc) is 2.14. The second kappa shape index (κ2) is 4.45. The normalized spacial score (nSPS) is 39.0. The molecule has 2 unspecified atom stereocenters. The molecule has 2 aliphatic carbocycles. The molecule has 0 aliphatic heterocycles. The molecule has 2 rings (SSSR count). The van der Waals surface area contributed by atoms with Gasteiger partial charge in [-0.15, -0.1) is 0 Å². The highest BCUT2D eigenvalue weighted by molar-refractivity contribution is 4.82. The van der Waals surface area contributed by atoms with Crippen LogP contribution in [-0.2, 0) is 4.74 Å². The predicted octanol–water partition coefficient (Wildman–Crippen LogP) is 3.24. The summed E-state index contributed by atoms with van der Waals surface area (Å²) in [6, 6.07) is 0. The SMILES string of the molecule is CCOCC1CC2CCCC(C2)C1. The van der Waals surface area contributed by atoms with Gasteiger partial charge >= 0.3 is 0 Å². The minimum atomic E-state index is 0.893. The third-order valence-electron chi connectivity index (χ3n) is 3.78. The number of fused-ring (bicyclic) bond motifs is 2. The van der Waals surface area contributed by atoms with Crippen molar-refractivity contribution in [1.82, 2.24) is 0 Å². The van der Waals surface area contributed by atoms with Crippen molar-refractivity contribution in [2.45, 2.75) is 45.4 Å². The molecule has 2 bridgehead atoms. The van der Waals surface area contributed by atoms with Crippen molar-refractivity contribution in [3.05, 3.63) is 0 Å². The van der Waals surface area contributed by atoms with Crippen LogP contribution in [-0.4, -0.2) is 13.2 Å². The van der Waals surface area contributed by atoms with Crippen molar-refractivity contribution in [2.75, 3.05) is 13.2 Å². The summed E-state index contributed by atoms with van der Waals surface area (Å²) in [6.45, 7) is 4.03. The molecule has 0 aromatic carbocycles. The highest BCUT2D eigenvalue weighted by Crippen LogP contribution is 2.42. The van der Waals surface area contributed by atoms with E-state index < -0.39 is 0 Å². The largest absolute Gasteiger partial charge is 0.381 e. The summed E-state index contributed by atoms with van der Waals surface area (Å²) in [4.78, 5) is 0. The van der Waals surface area contributed by atoms with Crippen molar-refractivity contribution in [3.63, 3.8) is 0 Å². The Morgan fingerprint density at radius 2 is 1.77 bits per heavy atom. The van der Waals surface area contributed by atoms with E-state index in [-0.39, 0.29) is 0 Å². The molecule has 0 aromatic rings. The highest BCUT2D eigenvalue weighted by Gasteiger charge is 2.31. The number of rotatable bonds is 3.